The Bertz CT molecular complexity index is 410. The molecule has 0 spiro atoms. The number of fused-ring (bicyclic) bond motifs is 1. The second-order valence-corrected chi connectivity index (χ2v) is 6.14. The Labute approximate surface area is 116 Å². The zero-order chi connectivity index (χ0) is 13.1. The van der Waals surface area contributed by atoms with Gasteiger partial charge in [-0.1, -0.05) is 31.7 Å². The smallest absolute Gasteiger partial charge is 0.0482 e. The van der Waals surface area contributed by atoms with Crippen molar-refractivity contribution in [2.75, 3.05) is 0 Å². The van der Waals surface area contributed by atoms with Gasteiger partial charge in [-0.05, 0) is 43.2 Å². The number of hydrogen-bond donors (Lipinski definition) is 2. The Kier molecular flexibility index (Phi) is 4.14. The van der Waals surface area contributed by atoms with E-state index in [4.69, 9.17) is 5.84 Å². The van der Waals surface area contributed by atoms with Gasteiger partial charge in [-0.15, -0.1) is 0 Å². The minimum absolute atomic E-state index is 0.411. The van der Waals surface area contributed by atoms with Gasteiger partial charge in [0.1, 0.15) is 0 Å². The van der Waals surface area contributed by atoms with Crippen LogP contribution in [0.1, 0.15) is 62.1 Å². The SMILES string of the molecule is NNC(C1CCCCCC1)C1CCc2cccnc21. The van der Waals surface area contributed by atoms with Gasteiger partial charge in [0.15, 0.2) is 0 Å². The monoisotopic (exact) mass is 259 g/mol. The first-order valence-electron chi connectivity index (χ1n) is 7.80. The van der Waals surface area contributed by atoms with Gasteiger partial charge in [0.05, 0.1) is 0 Å². The van der Waals surface area contributed by atoms with E-state index < -0.39 is 0 Å². The standard InChI is InChI=1S/C16H25N3/c17-19-16(12-6-3-1-2-4-7-12)14-10-9-13-8-5-11-18-15(13)14/h5,8,11-12,14,16,19H,1-4,6-7,9-10,17H2. The lowest BCUT2D eigenvalue weighted by Crippen LogP contribution is -2.44. The molecule has 2 aliphatic carbocycles. The van der Waals surface area contributed by atoms with Gasteiger partial charge in [-0.3, -0.25) is 16.3 Å². The molecule has 19 heavy (non-hydrogen) atoms. The van der Waals surface area contributed by atoms with E-state index in [0.29, 0.717) is 12.0 Å². The normalized spacial score (nSPS) is 25.8. The maximum atomic E-state index is 5.91. The fourth-order valence-corrected chi connectivity index (χ4v) is 4.04. The number of aryl methyl sites for hydroxylation is 1. The quantitative estimate of drug-likeness (QED) is 0.498. The van der Waals surface area contributed by atoms with Gasteiger partial charge in [0, 0.05) is 23.9 Å². The molecule has 104 valence electrons. The highest BCUT2D eigenvalue weighted by Gasteiger charge is 2.35. The molecule has 0 saturated heterocycles. The van der Waals surface area contributed by atoms with Crippen LogP contribution in [0.3, 0.4) is 0 Å². The molecule has 2 aliphatic rings. The van der Waals surface area contributed by atoms with Crippen molar-refractivity contribution in [3.8, 4) is 0 Å². The van der Waals surface area contributed by atoms with Crippen molar-refractivity contribution < 1.29 is 0 Å². The summed E-state index contributed by atoms with van der Waals surface area (Å²) in [4.78, 5) is 4.63. The molecule has 3 nitrogen and oxygen atoms in total. The number of nitrogens with two attached hydrogens (primary N) is 1. The third-order valence-corrected chi connectivity index (χ3v) is 5.04. The van der Waals surface area contributed by atoms with E-state index in [2.05, 4.69) is 22.5 Å². The minimum atomic E-state index is 0.411. The molecule has 0 amide bonds. The summed E-state index contributed by atoms with van der Waals surface area (Å²) in [6, 6.07) is 4.69. The molecular formula is C16H25N3. The molecule has 0 radical (unpaired) electrons. The number of nitrogens with zero attached hydrogens (tertiary/aromatic N) is 1. The van der Waals surface area contributed by atoms with E-state index in [9.17, 15) is 0 Å². The third kappa shape index (κ3) is 2.67. The fourth-order valence-electron chi connectivity index (χ4n) is 4.04. The van der Waals surface area contributed by atoms with Crippen LogP contribution in [0.5, 0.6) is 0 Å². The Balaban J connectivity index is 1.79. The second-order valence-electron chi connectivity index (χ2n) is 6.14. The van der Waals surface area contributed by atoms with Gasteiger partial charge in [-0.25, -0.2) is 0 Å². The van der Waals surface area contributed by atoms with E-state index in [0.717, 1.165) is 5.92 Å². The van der Waals surface area contributed by atoms with Gasteiger partial charge in [0.2, 0.25) is 0 Å². The molecular weight excluding hydrogens is 234 g/mol. The highest BCUT2D eigenvalue weighted by Crippen LogP contribution is 2.39. The van der Waals surface area contributed by atoms with Crippen molar-refractivity contribution in [3.05, 3.63) is 29.6 Å². The molecule has 3 heteroatoms. The van der Waals surface area contributed by atoms with Crippen molar-refractivity contribution in [2.24, 2.45) is 11.8 Å². The van der Waals surface area contributed by atoms with Crippen LogP contribution in [0, 0.1) is 5.92 Å². The maximum Gasteiger partial charge on any atom is 0.0482 e. The van der Waals surface area contributed by atoms with Crippen LogP contribution in [0.2, 0.25) is 0 Å². The van der Waals surface area contributed by atoms with Crippen LogP contribution in [0.15, 0.2) is 18.3 Å². The van der Waals surface area contributed by atoms with Crippen LogP contribution in [-0.2, 0) is 6.42 Å². The summed E-state index contributed by atoms with van der Waals surface area (Å²) in [5.41, 5.74) is 5.87. The average molecular weight is 259 g/mol. The lowest BCUT2D eigenvalue weighted by molar-refractivity contribution is 0.278. The average Bonchev–Trinajstić information content (AvgIpc) is 2.69. The summed E-state index contributed by atoms with van der Waals surface area (Å²) in [5.74, 6) is 7.16. The van der Waals surface area contributed by atoms with Crippen molar-refractivity contribution in [1.29, 1.82) is 0 Å². The molecule has 0 aromatic carbocycles. The first-order chi connectivity index (χ1) is 9.40. The molecule has 1 fully saturated rings. The maximum absolute atomic E-state index is 5.91. The largest absolute Gasteiger partial charge is 0.271 e. The lowest BCUT2D eigenvalue weighted by atomic mass is 9.82. The Morgan fingerprint density at radius 1 is 1.16 bits per heavy atom. The lowest BCUT2D eigenvalue weighted by Gasteiger charge is -2.30. The van der Waals surface area contributed by atoms with Crippen LogP contribution in [0.25, 0.3) is 0 Å². The molecule has 0 aliphatic heterocycles. The molecule has 1 aromatic heterocycles. The first-order valence-corrected chi connectivity index (χ1v) is 7.80. The predicted molar refractivity (Wildman–Crippen MR) is 77.6 cm³/mol. The number of aromatic nitrogens is 1. The molecule has 3 rings (SSSR count). The number of hydrazine groups is 1. The van der Waals surface area contributed by atoms with Crippen molar-refractivity contribution in [2.45, 2.75) is 63.3 Å². The van der Waals surface area contributed by atoms with Gasteiger partial charge in [0.25, 0.3) is 0 Å². The van der Waals surface area contributed by atoms with Crippen LogP contribution in [-0.4, -0.2) is 11.0 Å². The Morgan fingerprint density at radius 2 is 1.95 bits per heavy atom. The van der Waals surface area contributed by atoms with Crippen molar-refractivity contribution in [3.63, 3.8) is 0 Å². The van der Waals surface area contributed by atoms with E-state index >= 15 is 0 Å². The summed E-state index contributed by atoms with van der Waals surface area (Å²) in [5, 5.41) is 0. The van der Waals surface area contributed by atoms with E-state index in [1.54, 1.807) is 0 Å². The molecule has 0 bridgehead atoms. The highest BCUT2D eigenvalue weighted by atomic mass is 15.2. The van der Waals surface area contributed by atoms with Crippen LogP contribution in [0.4, 0.5) is 0 Å². The molecule has 3 N–H and O–H groups in total. The molecule has 1 saturated carbocycles. The van der Waals surface area contributed by atoms with Gasteiger partial charge in [-0.2, -0.15) is 0 Å². The number of pyridine rings is 1. The van der Waals surface area contributed by atoms with E-state index in [1.807, 2.05) is 6.20 Å². The minimum Gasteiger partial charge on any atom is -0.271 e. The second kappa shape index (κ2) is 6.02. The van der Waals surface area contributed by atoms with Gasteiger partial charge >= 0.3 is 0 Å². The molecule has 1 heterocycles. The predicted octanol–water partition coefficient (Wildman–Crippen LogP) is 2.91. The first kappa shape index (κ1) is 13.1. The topological polar surface area (TPSA) is 50.9 Å². The zero-order valence-electron chi connectivity index (χ0n) is 11.6. The van der Waals surface area contributed by atoms with E-state index in [1.165, 1.54) is 62.6 Å². The van der Waals surface area contributed by atoms with Crippen LogP contribution >= 0.6 is 0 Å². The van der Waals surface area contributed by atoms with Gasteiger partial charge < -0.3 is 0 Å². The summed E-state index contributed by atoms with van der Waals surface area (Å²) < 4.78 is 0. The number of rotatable bonds is 3. The fraction of sp³-hybridized carbons (Fsp3) is 0.688. The summed E-state index contributed by atoms with van der Waals surface area (Å²) in [6.07, 6.45) is 12.5. The molecule has 2 unspecified atom stereocenters. The summed E-state index contributed by atoms with van der Waals surface area (Å²) in [6.45, 7) is 0. The molecule has 1 aromatic rings. The van der Waals surface area contributed by atoms with Crippen molar-refractivity contribution in [1.82, 2.24) is 10.4 Å². The molecule has 2 atom stereocenters. The van der Waals surface area contributed by atoms with Crippen LogP contribution < -0.4 is 11.3 Å². The van der Waals surface area contributed by atoms with E-state index in [-0.39, 0.29) is 0 Å². The number of hydrogen-bond acceptors (Lipinski definition) is 3. The Morgan fingerprint density at radius 3 is 2.68 bits per heavy atom. The number of nitrogens with one attached hydrogen (secondary N) is 1. The Hall–Kier alpha value is -0.930. The summed E-state index contributed by atoms with van der Waals surface area (Å²) >= 11 is 0. The summed E-state index contributed by atoms with van der Waals surface area (Å²) in [7, 11) is 0. The highest BCUT2D eigenvalue weighted by molar-refractivity contribution is 5.30. The zero-order valence-corrected chi connectivity index (χ0v) is 11.6. The third-order valence-electron chi connectivity index (χ3n) is 5.04. The van der Waals surface area contributed by atoms with Crippen molar-refractivity contribution >= 4 is 0 Å².